The van der Waals surface area contributed by atoms with Gasteiger partial charge >= 0.3 is 10.4 Å². The predicted octanol–water partition coefficient (Wildman–Crippen LogP) is 10.1. The van der Waals surface area contributed by atoms with Crippen molar-refractivity contribution in [2.75, 3.05) is 31.2 Å². The number of hydrogen-bond donors (Lipinski definition) is 2. The van der Waals surface area contributed by atoms with Gasteiger partial charge in [-0.15, -0.1) is 4.33 Å². The number of nitrogens with zero attached hydrogens (tertiary/aromatic N) is 2. The molecule has 2 aliphatic heterocycles. The molecule has 0 radical (unpaired) electrons. The summed E-state index contributed by atoms with van der Waals surface area (Å²) < 4.78 is 48.4. The number of allylic oxidation sites excluding steroid dienone is 7. The molecule has 0 bridgehead atoms. The van der Waals surface area contributed by atoms with Crippen LogP contribution in [0.25, 0.3) is 0 Å². The second-order valence-corrected chi connectivity index (χ2v) is 17.3. The molecule has 3 aromatic rings. The summed E-state index contributed by atoms with van der Waals surface area (Å²) in [5.74, 6) is 0. The maximum absolute atomic E-state index is 11.2. The molecule has 1 aliphatic carbocycles. The van der Waals surface area contributed by atoms with Crippen molar-refractivity contribution in [2.24, 2.45) is 0 Å². The second-order valence-electron chi connectivity index (χ2n) is 14.7. The van der Waals surface area contributed by atoms with E-state index in [2.05, 4.69) is 142 Å². The van der Waals surface area contributed by atoms with Crippen LogP contribution in [0.3, 0.4) is 0 Å². The number of para-hydroxylation sites is 2. The number of benzene rings is 3. The Labute approximate surface area is 333 Å². The lowest BCUT2D eigenvalue weighted by Gasteiger charge is -2.27. The largest absolute Gasteiger partial charge is 0.397 e. The lowest BCUT2D eigenvalue weighted by atomic mass is 9.81. The highest BCUT2D eigenvalue weighted by molar-refractivity contribution is 8.03. The summed E-state index contributed by atoms with van der Waals surface area (Å²) in [5.41, 5.74) is 9.14. The van der Waals surface area contributed by atoms with Crippen LogP contribution < -0.4 is 4.90 Å². The van der Waals surface area contributed by atoms with Gasteiger partial charge in [-0.1, -0.05) is 97.4 Å². The molecule has 0 fully saturated rings. The monoisotopic (exact) mass is 805 g/mol. The smallest absolute Gasteiger partial charge is 0.344 e. The van der Waals surface area contributed by atoms with Crippen molar-refractivity contribution < 1.29 is 40.5 Å². The summed E-state index contributed by atoms with van der Waals surface area (Å²) in [4.78, 5) is 4.68. The molecule has 0 unspecified atom stereocenters. The van der Waals surface area contributed by atoms with Gasteiger partial charge in [-0.05, 0) is 80.5 Å². The predicted molar refractivity (Wildman–Crippen MR) is 220 cm³/mol. The summed E-state index contributed by atoms with van der Waals surface area (Å²) in [6.45, 7) is 10.6. The average Bonchev–Trinajstić information content (AvgIpc) is 3.51. The van der Waals surface area contributed by atoms with Gasteiger partial charge in [0.2, 0.25) is 5.69 Å². The van der Waals surface area contributed by atoms with Crippen LogP contribution in [-0.2, 0) is 39.0 Å². The van der Waals surface area contributed by atoms with Crippen LogP contribution in [0.2, 0.25) is 0 Å². The average molecular weight is 806 g/mol. The van der Waals surface area contributed by atoms with E-state index in [-0.39, 0.29) is 17.4 Å². The van der Waals surface area contributed by atoms with E-state index in [1.807, 2.05) is 12.1 Å². The zero-order valence-corrected chi connectivity index (χ0v) is 34.1. The minimum absolute atomic E-state index is 0.108. The fraction of sp³-hybridized carbons (Fsp3) is 0.357. The number of thioether (sulfide) groups is 1. The van der Waals surface area contributed by atoms with E-state index < -0.39 is 10.4 Å². The molecule has 2 heterocycles. The Morgan fingerprint density at radius 1 is 0.855 bits per heavy atom. The Bertz CT molecular complexity index is 2110. The minimum Gasteiger partial charge on any atom is -0.344 e. The summed E-state index contributed by atoms with van der Waals surface area (Å²) in [7, 11) is -4.50. The Morgan fingerprint density at radius 3 is 2.35 bits per heavy atom. The van der Waals surface area contributed by atoms with Crippen LogP contribution in [0, 0.1) is 0 Å². The lowest BCUT2D eigenvalue weighted by Crippen LogP contribution is -2.28. The van der Waals surface area contributed by atoms with Crippen LogP contribution in [0.5, 0.6) is 0 Å². The Balaban J connectivity index is 1.37. The maximum atomic E-state index is 11.2. The van der Waals surface area contributed by atoms with Gasteiger partial charge in [-0.25, -0.2) is 9.44 Å². The van der Waals surface area contributed by atoms with E-state index >= 15 is 0 Å². The summed E-state index contributed by atoms with van der Waals surface area (Å²) >= 11 is 2.40. The van der Waals surface area contributed by atoms with Gasteiger partial charge in [0.15, 0.2) is 24.6 Å². The van der Waals surface area contributed by atoms with Crippen molar-refractivity contribution in [2.45, 2.75) is 75.5 Å². The molecular weight excluding hydrogens is 757 g/mol. The molecule has 3 aliphatic rings. The van der Waals surface area contributed by atoms with Crippen molar-refractivity contribution in [1.29, 1.82) is 0 Å². The van der Waals surface area contributed by atoms with Gasteiger partial charge in [-0.2, -0.15) is 13.0 Å². The van der Waals surface area contributed by atoms with E-state index in [9.17, 15) is 8.42 Å². The first-order valence-electron chi connectivity index (χ1n) is 18.5. The molecule has 0 spiro atoms. The molecule has 13 heteroatoms. The van der Waals surface area contributed by atoms with Crippen molar-refractivity contribution in [3.05, 3.63) is 136 Å². The molecule has 55 heavy (non-hydrogen) atoms. The Hall–Kier alpha value is -3.50. The summed E-state index contributed by atoms with van der Waals surface area (Å²) in [5, 5.41) is 12.0. The van der Waals surface area contributed by atoms with Gasteiger partial charge in [0.05, 0.1) is 18.6 Å². The van der Waals surface area contributed by atoms with Crippen LogP contribution >= 0.6 is 24.1 Å². The third kappa shape index (κ3) is 9.73. The lowest BCUT2D eigenvalue weighted by molar-refractivity contribution is -0.439. The topological polar surface area (TPSA) is 118 Å². The van der Waals surface area contributed by atoms with Crippen LogP contribution in [0.1, 0.15) is 70.9 Å². The number of hydrogen-bond acceptors (Lipinski definition) is 10. The summed E-state index contributed by atoms with van der Waals surface area (Å²) in [6, 6.07) is 27.4. The fourth-order valence-corrected chi connectivity index (χ4v) is 9.53. The second kappa shape index (κ2) is 18.2. The molecule has 0 amide bonds. The van der Waals surface area contributed by atoms with E-state index in [1.165, 1.54) is 43.5 Å². The zero-order chi connectivity index (χ0) is 39.1. The first-order chi connectivity index (χ1) is 26.4. The fourth-order valence-electron chi connectivity index (χ4n) is 7.82. The number of fused-ring (bicyclic) bond motifs is 2. The Kier molecular flexibility index (Phi) is 13.6. The number of anilines is 1. The molecule has 3 aromatic carbocycles. The molecule has 292 valence electrons. The quantitative estimate of drug-likeness (QED) is 0.0339. The van der Waals surface area contributed by atoms with Gasteiger partial charge in [-0.3, -0.25) is 8.74 Å². The molecule has 0 saturated heterocycles. The van der Waals surface area contributed by atoms with Crippen molar-refractivity contribution >= 4 is 51.6 Å². The van der Waals surface area contributed by atoms with Crippen molar-refractivity contribution in [1.82, 2.24) is 0 Å². The Morgan fingerprint density at radius 2 is 1.58 bits per heavy atom. The zero-order valence-electron chi connectivity index (χ0n) is 31.6. The van der Waals surface area contributed by atoms with Gasteiger partial charge in [0, 0.05) is 57.3 Å². The molecule has 0 aromatic heterocycles. The van der Waals surface area contributed by atoms with Crippen LogP contribution in [0.4, 0.5) is 11.4 Å². The maximum Gasteiger partial charge on any atom is 0.397 e. The van der Waals surface area contributed by atoms with Gasteiger partial charge in [0.25, 0.3) is 0 Å². The third-order valence-corrected chi connectivity index (χ3v) is 12.5. The van der Waals surface area contributed by atoms with Crippen molar-refractivity contribution in [3.63, 3.8) is 0 Å². The third-order valence-electron chi connectivity index (χ3n) is 10.4. The highest BCUT2D eigenvalue weighted by atomic mass is 32.3. The molecule has 2 N–H and O–H groups in total. The highest BCUT2D eigenvalue weighted by Crippen LogP contribution is 2.48. The first kappa shape index (κ1) is 41.1. The van der Waals surface area contributed by atoms with Crippen molar-refractivity contribution in [3.8, 4) is 0 Å². The molecule has 10 nitrogen and oxygen atoms in total. The van der Waals surface area contributed by atoms with Gasteiger partial charge in [0.1, 0.15) is 0 Å². The number of rotatable bonds is 17. The molecule has 0 atom stereocenters. The normalized spacial score (nSPS) is 19.3. The van der Waals surface area contributed by atoms with E-state index in [0.29, 0.717) is 31.9 Å². The SMILES string of the molecule is CC1(C)C(=CC=C2CCCC(C=CC3=[N+](CCCOSOOO)c4ccccc4C3(C)C)=C2Sc2ccccc2)N(CCCOS(=O)(=O)O)c2ccccc21. The van der Waals surface area contributed by atoms with Gasteiger partial charge < -0.3 is 4.90 Å². The minimum atomic E-state index is -4.50. The summed E-state index contributed by atoms with van der Waals surface area (Å²) in [6.07, 6.45) is 13.2. The standard InChI is InChI=1S/C42H48N2O8S3/c1-41(2)34-19-8-10-21-36(34)43(27-13-29-49-54-52-51-45)38(41)25-23-31-15-12-16-32(40(31)53-33-17-6-5-7-18-33)24-26-39-42(3,4)35-20-9-11-22-37(35)44(39)28-14-30-50-55(46,47)48/h5-11,17-26H,12-16,27-30H2,1-4H3,(H-,45,46,47,48)/p+1. The van der Waals surface area contributed by atoms with E-state index in [4.69, 9.17) is 14.0 Å². The van der Waals surface area contributed by atoms with E-state index in [0.717, 1.165) is 43.6 Å². The van der Waals surface area contributed by atoms with E-state index in [1.54, 1.807) is 11.8 Å². The first-order valence-corrected chi connectivity index (χ1v) is 21.3. The molecular formula is C42H49N2O8S3+. The van der Waals surface area contributed by atoms with Crippen LogP contribution in [0.15, 0.2) is 130 Å². The van der Waals surface area contributed by atoms with Crippen LogP contribution in [-0.4, -0.2) is 54.8 Å². The molecule has 6 rings (SSSR count). The molecule has 0 saturated carbocycles. The highest BCUT2D eigenvalue weighted by Gasteiger charge is 2.44.